The Labute approximate surface area is 174 Å². The van der Waals surface area contributed by atoms with Crippen molar-refractivity contribution in [1.29, 1.82) is 0 Å². The molecule has 2 atom stereocenters. The first-order valence-electron chi connectivity index (χ1n) is 9.48. The Balaban J connectivity index is 1.62. The van der Waals surface area contributed by atoms with E-state index in [4.69, 9.17) is 27.9 Å². The molecule has 1 heterocycles. The summed E-state index contributed by atoms with van der Waals surface area (Å²) >= 11 is 12.3. The fraction of sp³-hybridized carbons (Fsp3) is 0.550. The average Bonchev–Trinajstić information content (AvgIpc) is 3.42. The molecule has 152 valence electrons. The number of methoxy groups -OCH3 is 1. The SMILES string of the molecule is COC(=O)[C@H](CC1CC1)NC(=O)C[C@@H]1CCC(=O)N1Cc1cc(Cl)ccc1Cl. The van der Waals surface area contributed by atoms with Crippen LogP contribution in [0.4, 0.5) is 0 Å². The van der Waals surface area contributed by atoms with Crippen molar-refractivity contribution >= 4 is 41.0 Å². The Morgan fingerprint density at radius 3 is 2.71 bits per heavy atom. The number of ether oxygens (including phenoxy) is 1. The molecular formula is C20H24Cl2N2O4. The first-order valence-corrected chi connectivity index (χ1v) is 10.2. The van der Waals surface area contributed by atoms with E-state index in [0.29, 0.717) is 41.8 Å². The molecule has 1 saturated carbocycles. The van der Waals surface area contributed by atoms with Crippen molar-refractivity contribution in [2.45, 2.75) is 57.2 Å². The minimum absolute atomic E-state index is 0.0173. The summed E-state index contributed by atoms with van der Waals surface area (Å²) in [6.07, 6.45) is 3.88. The quantitative estimate of drug-likeness (QED) is 0.646. The van der Waals surface area contributed by atoms with Crippen molar-refractivity contribution in [2.24, 2.45) is 5.92 Å². The predicted molar refractivity (Wildman–Crippen MR) is 106 cm³/mol. The molecule has 1 saturated heterocycles. The fourth-order valence-electron chi connectivity index (χ4n) is 3.58. The minimum atomic E-state index is -0.627. The van der Waals surface area contributed by atoms with E-state index < -0.39 is 12.0 Å². The van der Waals surface area contributed by atoms with E-state index in [1.165, 1.54) is 7.11 Å². The van der Waals surface area contributed by atoms with Crippen LogP contribution in [0.15, 0.2) is 18.2 Å². The zero-order valence-electron chi connectivity index (χ0n) is 15.7. The summed E-state index contributed by atoms with van der Waals surface area (Å²) < 4.78 is 4.81. The van der Waals surface area contributed by atoms with Gasteiger partial charge in [0, 0.05) is 35.5 Å². The number of hydrogen-bond donors (Lipinski definition) is 1. The molecule has 0 radical (unpaired) electrons. The number of nitrogens with one attached hydrogen (secondary N) is 1. The Hall–Kier alpha value is -1.79. The topological polar surface area (TPSA) is 75.7 Å². The molecule has 1 aliphatic heterocycles. The Morgan fingerprint density at radius 2 is 2.04 bits per heavy atom. The lowest BCUT2D eigenvalue weighted by Gasteiger charge is -2.26. The van der Waals surface area contributed by atoms with Gasteiger partial charge in [0.05, 0.1) is 7.11 Å². The maximum absolute atomic E-state index is 12.6. The summed E-state index contributed by atoms with van der Waals surface area (Å²) in [5.74, 6) is -0.224. The third-order valence-electron chi connectivity index (χ3n) is 5.31. The number of halogens is 2. The zero-order valence-corrected chi connectivity index (χ0v) is 17.3. The van der Waals surface area contributed by atoms with Crippen LogP contribution in [0.3, 0.4) is 0 Å². The molecule has 1 aromatic rings. The molecule has 0 bridgehead atoms. The van der Waals surface area contributed by atoms with Gasteiger partial charge in [-0.25, -0.2) is 4.79 Å². The summed E-state index contributed by atoms with van der Waals surface area (Å²) in [5, 5.41) is 3.86. The molecule has 1 aromatic carbocycles. The fourth-order valence-corrected chi connectivity index (χ4v) is 3.95. The second-order valence-electron chi connectivity index (χ2n) is 7.48. The van der Waals surface area contributed by atoms with Crippen molar-refractivity contribution in [3.05, 3.63) is 33.8 Å². The van der Waals surface area contributed by atoms with Gasteiger partial charge in [-0.3, -0.25) is 9.59 Å². The van der Waals surface area contributed by atoms with Crippen molar-refractivity contribution in [3.63, 3.8) is 0 Å². The Kier molecular flexibility index (Phi) is 6.83. The van der Waals surface area contributed by atoms with Crippen LogP contribution in [-0.4, -0.2) is 41.9 Å². The van der Waals surface area contributed by atoms with Gasteiger partial charge in [-0.2, -0.15) is 0 Å². The molecular weight excluding hydrogens is 403 g/mol. The second-order valence-corrected chi connectivity index (χ2v) is 8.32. The van der Waals surface area contributed by atoms with Gasteiger partial charge in [-0.15, -0.1) is 0 Å². The van der Waals surface area contributed by atoms with Crippen LogP contribution in [0.25, 0.3) is 0 Å². The lowest BCUT2D eigenvalue weighted by molar-refractivity contribution is -0.145. The Morgan fingerprint density at radius 1 is 1.29 bits per heavy atom. The highest BCUT2D eigenvalue weighted by Crippen LogP contribution is 2.34. The third-order valence-corrected chi connectivity index (χ3v) is 5.91. The average molecular weight is 427 g/mol. The molecule has 3 rings (SSSR count). The van der Waals surface area contributed by atoms with Gasteiger partial charge in [0.15, 0.2) is 0 Å². The number of hydrogen-bond acceptors (Lipinski definition) is 4. The van der Waals surface area contributed by atoms with Crippen LogP contribution in [0.5, 0.6) is 0 Å². The van der Waals surface area contributed by atoms with Gasteiger partial charge < -0.3 is 15.0 Å². The third kappa shape index (κ3) is 5.39. The van der Waals surface area contributed by atoms with Crippen molar-refractivity contribution in [1.82, 2.24) is 10.2 Å². The molecule has 6 nitrogen and oxygen atoms in total. The number of esters is 1. The number of nitrogens with zero attached hydrogens (tertiary/aromatic N) is 1. The van der Waals surface area contributed by atoms with Crippen LogP contribution in [0, 0.1) is 5.92 Å². The first kappa shape index (κ1) is 20.9. The van der Waals surface area contributed by atoms with E-state index in [9.17, 15) is 14.4 Å². The number of benzene rings is 1. The van der Waals surface area contributed by atoms with Gasteiger partial charge >= 0.3 is 5.97 Å². The molecule has 8 heteroatoms. The molecule has 0 spiro atoms. The molecule has 2 fully saturated rings. The van der Waals surface area contributed by atoms with E-state index in [0.717, 1.165) is 18.4 Å². The maximum Gasteiger partial charge on any atom is 0.328 e. The molecule has 2 amide bonds. The van der Waals surface area contributed by atoms with Gasteiger partial charge in [0.1, 0.15) is 6.04 Å². The number of rotatable bonds is 8. The van der Waals surface area contributed by atoms with Crippen LogP contribution in [-0.2, 0) is 25.7 Å². The van der Waals surface area contributed by atoms with E-state index in [1.807, 2.05) is 0 Å². The molecule has 1 N–H and O–H groups in total. The zero-order chi connectivity index (χ0) is 20.3. The summed E-state index contributed by atoms with van der Waals surface area (Å²) in [5.41, 5.74) is 0.746. The monoisotopic (exact) mass is 426 g/mol. The highest BCUT2D eigenvalue weighted by Gasteiger charge is 2.35. The van der Waals surface area contributed by atoms with Gasteiger partial charge in [0.25, 0.3) is 0 Å². The maximum atomic E-state index is 12.6. The van der Waals surface area contributed by atoms with E-state index >= 15 is 0 Å². The first-order chi connectivity index (χ1) is 13.4. The number of carbonyl (C=O) groups is 3. The molecule has 1 aliphatic carbocycles. The lowest BCUT2D eigenvalue weighted by Crippen LogP contribution is -2.44. The summed E-state index contributed by atoms with van der Waals surface area (Å²) in [7, 11) is 1.32. The highest BCUT2D eigenvalue weighted by molar-refractivity contribution is 6.33. The van der Waals surface area contributed by atoms with E-state index in [2.05, 4.69) is 5.32 Å². The van der Waals surface area contributed by atoms with Crippen molar-refractivity contribution in [3.8, 4) is 0 Å². The standard InChI is InChI=1S/C20H24Cl2N2O4/c1-28-20(27)17(8-12-2-3-12)23-18(25)10-15-5-7-19(26)24(15)11-13-9-14(21)4-6-16(13)22/h4,6,9,12,15,17H,2-3,5,7-8,10-11H2,1H3,(H,23,25)/t15-,17-/m0/s1. The lowest BCUT2D eigenvalue weighted by atomic mass is 10.1. The highest BCUT2D eigenvalue weighted by atomic mass is 35.5. The molecule has 0 unspecified atom stereocenters. The van der Waals surface area contributed by atoms with Gasteiger partial charge in [-0.05, 0) is 42.5 Å². The van der Waals surface area contributed by atoms with Gasteiger partial charge in [0.2, 0.25) is 11.8 Å². The molecule has 0 aromatic heterocycles. The predicted octanol–water partition coefficient (Wildman–Crippen LogP) is 3.33. The van der Waals surface area contributed by atoms with Crippen LogP contribution < -0.4 is 5.32 Å². The number of likely N-dealkylation sites (tertiary alicyclic amines) is 1. The summed E-state index contributed by atoms with van der Waals surface area (Å²) in [6.45, 7) is 0.304. The Bertz CT molecular complexity index is 767. The largest absolute Gasteiger partial charge is 0.467 e. The summed E-state index contributed by atoms with van der Waals surface area (Å²) in [6, 6.07) is 4.26. The van der Waals surface area contributed by atoms with Gasteiger partial charge in [-0.1, -0.05) is 36.0 Å². The number of carbonyl (C=O) groups excluding carboxylic acids is 3. The van der Waals surface area contributed by atoms with E-state index in [1.54, 1.807) is 23.1 Å². The smallest absolute Gasteiger partial charge is 0.328 e. The van der Waals surface area contributed by atoms with Crippen LogP contribution >= 0.6 is 23.2 Å². The van der Waals surface area contributed by atoms with Crippen LogP contribution in [0.1, 0.15) is 44.1 Å². The second kappa shape index (κ2) is 9.14. The molecule has 2 aliphatic rings. The van der Waals surface area contributed by atoms with Crippen molar-refractivity contribution in [2.75, 3.05) is 7.11 Å². The number of amides is 2. The van der Waals surface area contributed by atoms with E-state index in [-0.39, 0.29) is 24.3 Å². The normalized spacial score (nSPS) is 20.2. The molecule has 28 heavy (non-hydrogen) atoms. The van der Waals surface area contributed by atoms with Crippen molar-refractivity contribution < 1.29 is 19.1 Å². The van der Waals surface area contributed by atoms with Crippen LogP contribution in [0.2, 0.25) is 10.0 Å². The minimum Gasteiger partial charge on any atom is -0.467 e. The summed E-state index contributed by atoms with van der Waals surface area (Å²) in [4.78, 5) is 38.5.